The van der Waals surface area contributed by atoms with Crippen molar-refractivity contribution in [1.82, 2.24) is 4.90 Å². The number of benzene rings is 1. The fourth-order valence-corrected chi connectivity index (χ4v) is 3.72. The van der Waals surface area contributed by atoms with Gasteiger partial charge >= 0.3 is 0 Å². The molecule has 1 aliphatic carbocycles. The first-order valence-electron chi connectivity index (χ1n) is 6.47. The van der Waals surface area contributed by atoms with E-state index >= 15 is 0 Å². The zero-order valence-corrected chi connectivity index (χ0v) is 14.1. The molecule has 1 aliphatic rings. The van der Waals surface area contributed by atoms with Gasteiger partial charge in [0.25, 0.3) is 5.91 Å². The van der Waals surface area contributed by atoms with Crippen molar-refractivity contribution in [2.75, 3.05) is 7.05 Å². The van der Waals surface area contributed by atoms with Crippen LogP contribution in [0.3, 0.4) is 0 Å². The third-order valence-corrected chi connectivity index (χ3v) is 4.92. The van der Waals surface area contributed by atoms with Gasteiger partial charge < -0.3 is 10.6 Å². The standard InChI is InChI=1S/C14H18Br2N2O/c1-18(11-5-3-10(17)4-6-11)14(19)12-7-2-9(15)8-13(12)16/h2,7-8,10-11H,3-6,17H2,1H3. The maximum absolute atomic E-state index is 12.5. The Morgan fingerprint density at radius 2 is 1.89 bits per heavy atom. The molecule has 0 aliphatic heterocycles. The Morgan fingerprint density at radius 3 is 2.47 bits per heavy atom. The van der Waals surface area contributed by atoms with Gasteiger partial charge in [-0.25, -0.2) is 0 Å². The van der Waals surface area contributed by atoms with Crippen LogP contribution in [0.5, 0.6) is 0 Å². The topological polar surface area (TPSA) is 46.3 Å². The van der Waals surface area contributed by atoms with E-state index in [9.17, 15) is 4.79 Å². The molecule has 2 rings (SSSR count). The normalized spacial score (nSPS) is 23.2. The minimum Gasteiger partial charge on any atom is -0.339 e. The summed E-state index contributed by atoms with van der Waals surface area (Å²) >= 11 is 6.85. The summed E-state index contributed by atoms with van der Waals surface area (Å²) in [5.74, 6) is 0.0693. The Hall–Kier alpha value is -0.390. The van der Waals surface area contributed by atoms with Crippen LogP contribution in [0.1, 0.15) is 36.0 Å². The van der Waals surface area contributed by atoms with Gasteiger partial charge in [0.15, 0.2) is 0 Å². The van der Waals surface area contributed by atoms with E-state index in [0.29, 0.717) is 17.6 Å². The maximum Gasteiger partial charge on any atom is 0.254 e. The minimum atomic E-state index is 0.0693. The summed E-state index contributed by atoms with van der Waals surface area (Å²) in [4.78, 5) is 14.4. The molecule has 0 unspecified atom stereocenters. The quantitative estimate of drug-likeness (QED) is 0.840. The van der Waals surface area contributed by atoms with Crippen molar-refractivity contribution in [3.05, 3.63) is 32.7 Å². The molecule has 0 heterocycles. The van der Waals surface area contributed by atoms with Crippen LogP contribution in [0.15, 0.2) is 27.1 Å². The van der Waals surface area contributed by atoms with E-state index in [1.54, 1.807) is 0 Å². The van der Waals surface area contributed by atoms with Crippen molar-refractivity contribution >= 4 is 37.8 Å². The fourth-order valence-electron chi connectivity index (χ4n) is 2.51. The molecule has 0 radical (unpaired) electrons. The van der Waals surface area contributed by atoms with Gasteiger partial charge in [-0.1, -0.05) is 15.9 Å². The zero-order chi connectivity index (χ0) is 14.0. The smallest absolute Gasteiger partial charge is 0.254 e. The lowest BCUT2D eigenvalue weighted by Gasteiger charge is -2.33. The lowest BCUT2D eigenvalue weighted by molar-refractivity contribution is 0.0689. The Labute approximate surface area is 130 Å². The maximum atomic E-state index is 12.5. The highest BCUT2D eigenvalue weighted by Crippen LogP contribution is 2.26. The first-order chi connectivity index (χ1) is 8.99. The summed E-state index contributed by atoms with van der Waals surface area (Å²) in [6.07, 6.45) is 4.00. The number of nitrogens with zero attached hydrogens (tertiary/aromatic N) is 1. The molecule has 1 fully saturated rings. The van der Waals surface area contributed by atoms with Crippen LogP contribution >= 0.6 is 31.9 Å². The molecule has 0 aromatic heterocycles. The van der Waals surface area contributed by atoms with Gasteiger partial charge in [0.2, 0.25) is 0 Å². The molecule has 1 aromatic rings. The predicted octanol–water partition coefficient (Wildman–Crippen LogP) is 3.55. The predicted molar refractivity (Wildman–Crippen MR) is 84.2 cm³/mol. The molecule has 0 atom stereocenters. The van der Waals surface area contributed by atoms with E-state index < -0.39 is 0 Å². The summed E-state index contributed by atoms with van der Waals surface area (Å²) in [5, 5.41) is 0. The number of hydrogen-bond donors (Lipinski definition) is 1. The molecule has 2 N–H and O–H groups in total. The molecule has 0 spiro atoms. The van der Waals surface area contributed by atoms with Crippen molar-refractivity contribution in [1.29, 1.82) is 0 Å². The second-order valence-corrected chi connectivity index (χ2v) is 6.88. The van der Waals surface area contributed by atoms with Gasteiger partial charge in [-0.2, -0.15) is 0 Å². The van der Waals surface area contributed by atoms with Crippen molar-refractivity contribution in [2.45, 2.75) is 37.8 Å². The van der Waals surface area contributed by atoms with Gasteiger partial charge in [0, 0.05) is 28.1 Å². The summed E-state index contributed by atoms with van der Waals surface area (Å²) in [7, 11) is 1.89. The molecular weight excluding hydrogens is 372 g/mol. The number of hydrogen-bond acceptors (Lipinski definition) is 2. The number of carbonyl (C=O) groups excluding carboxylic acids is 1. The van der Waals surface area contributed by atoms with E-state index in [-0.39, 0.29) is 5.91 Å². The summed E-state index contributed by atoms with van der Waals surface area (Å²) in [6.45, 7) is 0. The van der Waals surface area contributed by atoms with Crippen LogP contribution in [0.25, 0.3) is 0 Å². The van der Waals surface area contributed by atoms with E-state index in [1.807, 2.05) is 30.1 Å². The number of halogens is 2. The molecule has 104 valence electrons. The Morgan fingerprint density at radius 1 is 1.26 bits per heavy atom. The van der Waals surface area contributed by atoms with Crippen LogP contribution < -0.4 is 5.73 Å². The van der Waals surface area contributed by atoms with Crippen LogP contribution in [0.4, 0.5) is 0 Å². The van der Waals surface area contributed by atoms with Gasteiger partial charge in [-0.15, -0.1) is 0 Å². The third kappa shape index (κ3) is 3.58. The van der Waals surface area contributed by atoms with E-state index in [4.69, 9.17) is 5.73 Å². The zero-order valence-electron chi connectivity index (χ0n) is 10.9. The highest BCUT2D eigenvalue weighted by molar-refractivity contribution is 9.11. The highest BCUT2D eigenvalue weighted by Gasteiger charge is 2.26. The lowest BCUT2D eigenvalue weighted by atomic mass is 9.90. The molecule has 1 amide bonds. The SMILES string of the molecule is CN(C(=O)c1ccc(Br)cc1Br)C1CCC(N)CC1. The molecule has 5 heteroatoms. The van der Waals surface area contributed by atoms with Crippen molar-refractivity contribution in [2.24, 2.45) is 5.73 Å². The molecule has 1 aromatic carbocycles. The van der Waals surface area contributed by atoms with Crippen molar-refractivity contribution < 1.29 is 4.79 Å². The molecule has 0 saturated heterocycles. The minimum absolute atomic E-state index is 0.0693. The number of amides is 1. The average molecular weight is 390 g/mol. The first-order valence-corrected chi connectivity index (χ1v) is 8.05. The number of nitrogens with two attached hydrogens (primary N) is 1. The molecule has 0 bridgehead atoms. The first kappa shape index (κ1) is 15.0. The van der Waals surface area contributed by atoms with Gasteiger partial charge in [-0.05, 0) is 59.8 Å². The third-order valence-electron chi connectivity index (χ3n) is 3.77. The summed E-state index contributed by atoms with van der Waals surface area (Å²) in [5.41, 5.74) is 6.62. The molecule has 19 heavy (non-hydrogen) atoms. The summed E-state index contributed by atoms with van der Waals surface area (Å²) < 4.78 is 1.79. The van der Waals surface area contributed by atoms with Crippen LogP contribution in [-0.2, 0) is 0 Å². The monoisotopic (exact) mass is 388 g/mol. The largest absolute Gasteiger partial charge is 0.339 e. The fraction of sp³-hybridized carbons (Fsp3) is 0.500. The Bertz CT molecular complexity index is 471. The van der Waals surface area contributed by atoms with Crippen LogP contribution in [0.2, 0.25) is 0 Å². The number of rotatable bonds is 2. The second kappa shape index (κ2) is 6.37. The highest BCUT2D eigenvalue weighted by atomic mass is 79.9. The van der Waals surface area contributed by atoms with Crippen molar-refractivity contribution in [3.8, 4) is 0 Å². The van der Waals surface area contributed by atoms with Gasteiger partial charge in [0.1, 0.15) is 0 Å². The van der Waals surface area contributed by atoms with E-state index in [1.165, 1.54) is 0 Å². The van der Waals surface area contributed by atoms with Gasteiger partial charge in [-0.3, -0.25) is 4.79 Å². The summed E-state index contributed by atoms with van der Waals surface area (Å²) in [6, 6.07) is 6.25. The molecule has 3 nitrogen and oxygen atoms in total. The Kier molecular flexibility index (Phi) is 5.03. The number of carbonyl (C=O) groups is 1. The Balaban J connectivity index is 2.10. The lowest BCUT2D eigenvalue weighted by Crippen LogP contribution is -2.41. The molecular formula is C14H18Br2N2O. The van der Waals surface area contributed by atoms with E-state index in [2.05, 4.69) is 31.9 Å². The van der Waals surface area contributed by atoms with Crippen LogP contribution in [-0.4, -0.2) is 29.9 Å². The van der Waals surface area contributed by atoms with Gasteiger partial charge in [0.05, 0.1) is 5.56 Å². The van der Waals surface area contributed by atoms with E-state index in [0.717, 1.165) is 34.6 Å². The van der Waals surface area contributed by atoms with Crippen molar-refractivity contribution in [3.63, 3.8) is 0 Å². The molecule has 1 saturated carbocycles. The van der Waals surface area contributed by atoms with Crippen LogP contribution in [0, 0.1) is 0 Å². The second-order valence-electron chi connectivity index (χ2n) is 5.11. The average Bonchev–Trinajstić information content (AvgIpc) is 2.38.